The van der Waals surface area contributed by atoms with Crippen LogP contribution in [0.4, 0.5) is 0 Å². The van der Waals surface area contributed by atoms with Gasteiger partial charge in [0.25, 0.3) is 0 Å². The van der Waals surface area contributed by atoms with Crippen molar-refractivity contribution in [1.29, 1.82) is 0 Å². The van der Waals surface area contributed by atoms with Crippen molar-refractivity contribution in [1.82, 2.24) is 25.4 Å². The Bertz CT molecular complexity index is 813. The molecule has 1 atom stereocenters. The number of methoxy groups -OCH3 is 2. The van der Waals surface area contributed by atoms with Crippen molar-refractivity contribution in [3.05, 3.63) is 40.4 Å². The summed E-state index contributed by atoms with van der Waals surface area (Å²) in [6, 6.07) is 5.83. The second-order valence-corrected chi connectivity index (χ2v) is 6.76. The Labute approximate surface area is 187 Å². The molecule has 0 fully saturated rings. The molecule has 0 aliphatic carbocycles. The van der Waals surface area contributed by atoms with Crippen LogP contribution in [-0.2, 0) is 30.9 Å². The first kappa shape index (κ1) is 22.7. The van der Waals surface area contributed by atoms with Gasteiger partial charge in [0.1, 0.15) is 18.2 Å². The lowest BCUT2D eigenvalue weighted by Crippen LogP contribution is -2.46. The Morgan fingerprint density at radius 1 is 1.39 bits per heavy atom. The molecular weight excluding hydrogens is 495 g/mol. The Morgan fingerprint density at radius 3 is 2.93 bits per heavy atom. The van der Waals surface area contributed by atoms with Crippen molar-refractivity contribution in [2.45, 2.75) is 38.6 Å². The molecule has 2 N–H and O–H groups in total. The second kappa shape index (κ2) is 10.8. The minimum absolute atomic E-state index is 0. The van der Waals surface area contributed by atoms with Crippen LogP contribution in [0.5, 0.6) is 5.75 Å². The largest absolute Gasteiger partial charge is 0.496 e. The molecule has 0 amide bonds. The van der Waals surface area contributed by atoms with E-state index in [9.17, 15) is 0 Å². The smallest absolute Gasteiger partial charge is 0.191 e. The van der Waals surface area contributed by atoms with E-state index >= 15 is 0 Å². The first-order chi connectivity index (χ1) is 13.1. The topological polar surface area (TPSA) is 85.6 Å². The average Bonchev–Trinajstić information content (AvgIpc) is 3.07. The molecule has 2 aromatic rings. The third kappa shape index (κ3) is 5.71. The average molecular weight is 521 g/mol. The number of halogens is 2. The van der Waals surface area contributed by atoms with E-state index in [1.165, 1.54) is 0 Å². The van der Waals surface area contributed by atoms with Gasteiger partial charge in [-0.3, -0.25) is 4.99 Å². The van der Waals surface area contributed by atoms with Crippen LogP contribution < -0.4 is 15.4 Å². The van der Waals surface area contributed by atoms with Gasteiger partial charge in [0.2, 0.25) is 0 Å². The zero-order chi connectivity index (χ0) is 19.2. The number of nitrogens with one attached hydrogen (secondary N) is 2. The summed E-state index contributed by atoms with van der Waals surface area (Å²) >= 11 is 6.02. The van der Waals surface area contributed by atoms with Gasteiger partial charge in [-0.15, -0.1) is 24.0 Å². The van der Waals surface area contributed by atoms with E-state index in [0.717, 1.165) is 48.3 Å². The van der Waals surface area contributed by atoms with Gasteiger partial charge < -0.3 is 20.1 Å². The molecule has 8 nitrogen and oxygen atoms in total. The number of hydrogen-bond acceptors (Lipinski definition) is 5. The maximum absolute atomic E-state index is 6.02. The Kier molecular flexibility index (Phi) is 8.77. The molecule has 1 aliphatic heterocycles. The number of aryl methyl sites for hydroxylation is 1. The summed E-state index contributed by atoms with van der Waals surface area (Å²) in [4.78, 5) is 8.83. The van der Waals surface area contributed by atoms with Crippen LogP contribution in [0.15, 0.2) is 23.2 Å². The molecule has 1 unspecified atom stereocenters. The van der Waals surface area contributed by atoms with Crippen molar-refractivity contribution < 1.29 is 9.47 Å². The van der Waals surface area contributed by atoms with Crippen LogP contribution in [0.3, 0.4) is 0 Å². The minimum atomic E-state index is 0. The number of aromatic nitrogens is 3. The SMILES string of the molecule is CN=C(NCc1ccc(Cl)cc1OC)NC1CCc2nc(COC)nn2C1.I. The van der Waals surface area contributed by atoms with Gasteiger partial charge in [0, 0.05) is 43.8 Å². The highest BCUT2D eigenvalue weighted by molar-refractivity contribution is 14.0. The maximum atomic E-state index is 6.02. The predicted molar refractivity (Wildman–Crippen MR) is 120 cm³/mol. The standard InChI is InChI=1S/C18H25ClN6O2.HI/c1-20-18(21-9-12-4-5-13(19)8-15(12)27-3)22-14-6-7-17-23-16(11-26-2)24-25(17)10-14;/h4-5,8,14H,6-7,9-11H2,1-3H3,(H2,20,21,22);1H. The van der Waals surface area contributed by atoms with Crippen LogP contribution in [-0.4, -0.2) is 48.0 Å². The first-order valence-electron chi connectivity index (χ1n) is 8.84. The molecule has 0 saturated heterocycles. The number of fused-ring (bicyclic) bond motifs is 1. The number of guanidine groups is 1. The number of ether oxygens (including phenoxy) is 2. The van der Waals surface area contributed by atoms with E-state index < -0.39 is 0 Å². The van der Waals surface area contributed by atoms with Crippen LogP contribution in [0.25, 0.3) is 0 Å². The molecule has 10 heteroatoms. The molecule has 2 heterocycles. The number of nitrogens with zero attached hydrogens (tertiary/aromatic N) is 4. The van der Waals surface area contributed by atoms with E-state index in [2.05, 4.69) is 25.7 Å². The predicted octanol–water partition coefficient (Wildman–Crippen LogP) is 2.38. The third-order valence-corrected chi connectivity index (χ3v) is 4.67. The van der Waals surface area contributed by atoms with E-state index in [-0.39, 0.29) is 30.0 Å². The summed E-state index contributed by atoms with van der Waals surface area (Å²) in [6.45, 7) is 1.76. The van der Waals surface area contributed by atoms with Crippen LogP contribution >= 0.6 is 35.6 Å². The summed E-state index contributed by atoms with van der Waals surface area (Å²) in [5.74, 6) is 3.22. The molecule has 0 bridgehead atoms. The number of hydrogen-bond donors (Lipinski definition) is 2. The highest BCUT2D eigenvalue weighted by Crippen LogP contribution is 2.22. The van der Waals surface area contributed by atoms with Gasteiger partial charge in [-0.05, 0) is 18.6 Å². The lowest BCUT2D eigenvalue weighted by Gasteiger charge is -2.25. The van der Waals surface area contributed by atoms with Crippen molar-refractivity contribution >= 4 is 41.5 Å². The van der Waals surface area contributed by atoms with Crippen molar-refractivity contribution in [3.63, 3.8) is 0 Å². The summed E-state index contributed by atoms with van der Waals surface area (Å²) in [7, 11) is 5.04. The maximum Gasteiger partial charge on any atom is 0.191 e. The van der Waals surface area contributed by atoms with E-state index in [1.54, 1.807) is 27.3 Å². The molecule has 0 spiro atoms. The lowest BCUT2D eigenvalue weighted by atomic mass is 10.1. The number of aliphatic imine (C=N–C) groups is 1. The van der Waals surface area contributed by atoms with Gasteiger partial charge in [-0.25, -0.2) is 9.67 Å². The molecule has 0 saturated carbocycles. The van der Waals surface area contributed by atoms with Crippen molar-refractivity contribution in [2.24, 2.45) is 4.99 Å². The number of benzene rings is 1. The molecule has 3 rings (SSSR count). The summed E-state index contributed by atoms with van der Waals surface area (Å²) < 4.78 is 12.5. The molecule has 1 aromatic carbocycles. The monoisotopic (exact) mass is 520 g/mol. The van der Waals surface area contributed by atoms with Crippen LogP contribution in [0.1, 0.15) is 23.6 Å². The van der Waals surface area contributed by atoms with Crippen molar-refractivity contribution in [3.8, 4) is 5.75 Å². The van der Waals surface area contributed by atoms with Crippen LogP contribution in [0, 0.1) is 0 Å². The van der Waals surface area contributed by atoms with E-state index in [4.69, 9.17) is 21.1 Å². The molecule has 28 heavy (non-hydrogen) atoms. The first-order valence-corrected chi connectivity index (χ1v) is 9.22. The molecular formula is C18H26ClIN6O2. The number of rotatable bonds is 6. The fourth-order valence-electron chi connectivity index (χ4n) is 3.10. The highest BCUT2D eigenvalue weighted by Gasteiger charge is 2.22. The molecule has 0 radical (unpaired) electrons. The Morgan fingerprint density at radius 2 is 2.21 bits per heavy atom. The highest BCUT2D eigenvalue weighted by atomic mass is 127. The van der Waals surface area contributed by atoms with E-state index in [0.29, 0.717) is 18.2 Å². The summed E-state index contributed by atoms with van der Waals surface area (Å²) in [5, 5.41) is 11.9. The fraction of sp³-hybridized carbons (Fsp3) is 0.500. The van der Waals surface area contributed by atoms with Crippen molar-refractivity contribution in [2.75, 3.05) is 21.3 Å². The van der Waals surface area contributed by atoms with Gasteiger partial charge in [0.15, 0.2) is 11.8 Å². The molecule has 154 valence electrons. The summed E-state index contributed by atoms with van der Waals surface area (Å²) in [6.07, 6.45) is 1.84. The van der Waals surface area contributed by atoms with E-state index in [1.807, 2.05) is 16.8 Å². The van der Waals surface area contributed by atoms with Gasteiger partial charge in [-0.2, -0.15) is 5.10 Å². The second-order valence-electron chi connectivity index (χ2n) is 6.32. The lowest BCUT2D eigenvalue weighted by molar-refractivity contribution is 0.177. The minimum Gasteiger partial charge on any atom is -0.496 e. The normalized spacial score (nSPS) is 16.1. The van der Waals surface area contributed by atoms with Crippen LogP contribution in [0.2, 0.25) is 5.02 Å². The fourth-order valence-corrected chi connectivity index (χ4v) is 3.26. The molecule has 1 aromatic heterocycles. The van der Waals surface area contributed by atoms with Gasteiger partial charge in [-0.1, -0.05) is 17.7 Å². The third-order valence-electron chi connectivity index (χ3n) is 4.44. The zero-order valence-corrected chi connectivity index (χ0v) is 19.3. The zero-order valence-electron chi connectivity index (χ0n) is 16.2. The van der Waals surface area contributed by atoms with Gasteiger partial charge in [0.05, 0.1) is 13.7 Å². The molecule has 1 aliphatic rings. The van der Waals surface area contributed by atoms with Gasteiger partial charge >= 0.3 is 0 Å². The Hall–Kier alpha value is -1.59. The summed E-state index contributed by atoms with van der Waals surface area (Å²) in [5.41, 5.74) is 1.01. The quantitative estimate of drug-likeness (QED) is 0.346. The Balaban J connectivity index is 0.00000280.